The average Bonchev–Trinajstić information content (AvgIpc) is 3.43. The number of nitrogens with zero attached hydrogens (tertiary/aromatic N) is 3. The maximum atomic E-state index is 13.0. The molecule has 0 amide bonds. The van der Waals surface area contributed by atoms with E-state index in [2.05, 4.69) is 43.2 Å². The van der Waals surface area contributed by atoms with Crippen molar-refractivity contribution in [1.82, 2.24) is 14.3 Å². The summed E-state index contributed by atoms with van der Waals surface area (Å²) >= 11 is 1.54. The van der Waals surface area contributed by atoms with Crippen LogP contribution in [0.2, 0.25) is 0 Å². The van der Waals surface area contributed by atoms with E-state index < -0.39 is 0 Å². The Morgan fingerprint density at radius 1 is 1.00 bits per heavy atom. The first-order valence-corrected chi connectivity index (χ1v) is 11.8. The number of hydrogen-bond acceptors (Lipinski definition) is 4. The van der Waals surface area contributed by atoms with E-state index in [-0.39, 0.29) is 18.0 Å². The van der Waals surface area contributed by atoms with Crippen molar-refractivity contribution in [2.45, 2.75) is 39.8 Å². The van der Waals surface area contributed by atoms with Crippen LogP contribution < -0.4 is 5.69 Å². The molecule has 2 heterocycles. The fourth-order valence-corrected chi connectivity index (χ4v) is 4.54. The highest BCUT2D eigenvalue weighted by Gasteiger charge is 2.18. The van der Waals surface area contributed by atoms with Crippen LogP contribution in [0, 0.1) is 5.92 Å². The van der Waals surface area contributed by atoms with E-state index >= 15 is 0 Å². The van der Waals surface area contributed by atoms with Crippen molar-refractivity contribution in [2.75, 3.05) is 0 Å². The van der Waals surface area contributed by atoms with Crippen LogP contribution in [0.5, 0.6) is 0 Å². The largest absolute Gasteiger partial charge is 0.346 e. The Morgan fingerprint density at radius 3 is 2.47 bits per heavy atom. The summed E-state index contributed by atoms with van der Waals surface area (Å²) in [6.45, 7) is 4.70. The van der Waals surface area contributed by atoms with E-state index in [0.717, 1.165) is 21.6 Å². The number of thiophene rings is 1. The number of hydrogen-bond donors (Lipinski definition) is 0. The lowest BCUT2D eigenvalue weighted by molar-refractivity contribution is -0.119. The van der Waals surface area contributed by atoms with Gasteiger partial charge < -0.3 is 0 Å². The van der Waals surface area contributed by atoms with E-state index in [4.69, 9.17) is 0 Å². The van der Waals surface area contributed by atoms with Gasteiger partial charge in [-0.15, -0.1) is 16.4 Å². The van der Waals surface area contributed by atoms with Gasteiger partial charge in [0.15, 0.2) is 11.6 Å². The Balaban J connectivity index is 1.51. The first-order chi connectivity index (χ1) is 15.5. The van der Waals surface area contributed by atoms with E-state index in [9.17, 15) is 9.59 Å². The molecule has 6 heteroatoms. The molecule has 0 radical (unpaired) electrons. The molecule has 4 aromatic rings. The standard InChI is InChI=1S/C26H27N3O2S/c1-19(2)17-28-25(24-13-8-16-32-24)27-29(26(28)31)18-22(30)15-14-21-11-6-7-12-23(21)20-9-4-3-5-10-20/h3-13,16,19H,14-15,17-18H2,1-2H3. The summed E-state index contributed by atoms with van der Waals surface area (Å²) < 4.78 is 3.01. The molecule has 0 N–H and O–H groups in total. The fourth-order valence-electron chi connectivity index (χ4n) is 3.82. The number of carbonyl (C=O) groups is 1. The van der Waals surface area contributed by atoms with Crippen LogP contribution in [0.4, 0.5) is 0 Å². The molecular weight excluding hydrogens is 418 g/mol. The van der Waals surface area contributed by atoms with Gasteiger partial charge in [0.05, 0.1) is 4.88 Å². The monoisotopic (exact) mass is 445 g/mol. The molecule has 0 fully saturated rings. The van der Waals surface area contributed by atoms with Crippen molar-refractivity contribution in [3.63, 3.8) is 0 Å². The number of rotatable bonds is 9. The molecule has 0 saturated heterocycles. The Kier molecular flexibility index (Phi) is 6.81. The molecule has 0 bridgehead atoms. The molecule has 0 aliphatic carbocycles. The summed E-state index contributed by atoms with van der Waals surface area (Å²) in [7, 11) is 0. The second-order valence-electron chi connectivity index (χ2n) is 8.31. The maximum Gasteiger partial charge on any atom is 0.346 e. The van der Waals surface area contributed by atoms with Crippen LogP contribution in [0.1, 0.15) is 25.8 Å². The third-order valence-electron chi connectivity index (χ3n) is 5.31. The second-order valence-corrected chi connectivity index (χ2v) is 9.26. The Bertz CT molecular complexity index is 1240. The third kappa shape index (κ3) is 4.97. The van der Waals surface area contributed by atoms with Gasteiger partial charge in [-0.3, -0.25) is 9.36 Å². The quantitative estimate of drug-likeness (QED) is 0.351. The fraction of sp³-hybridized carbons (Fsp3) is 0.269. The van der Waals surface area contributed by atoms with Gasteiger partial charge in [0.1, 0.15) is 6.54 Å². The number of Topliss-reactive ketones (excluding diaryl/α,β-unsaturated/α-hetero) is 1. The van der Waals surface area contributed by atoms with Crippen molar-refractivity contribution >= 4 is 17.1 Å². The number of carbonyl (C=O) groups excluding carboxylic acids is 1. The Morgan fingerprint density at radius 2 is 1.75 bits per heavy atom. The van der Waals surface area contributed by atoms with E-state index in [1.807, 2.05) is 47.8 Å². The molecule has 32 heavy (non-hydrogen) atoms. The molecule has 2 aromatic heterocycles. The smallest absolute Gasteiger partial charge is 0.298 e. The Labute approximate surface area is 192 Å². The molecule has 0 spiro atoms. The first-order valence-electron chi connectivity index (χ1n) is 10.9. The second kappa shape index (κ2) is 9.92. The molecule has 0 aliphatic heterocycles. The van der Waals surface area contributed by atoms with Crippen LogP contribution in [-0.4, -0.2) is 20.1 Å². The SMILES string of the molecule is CC(C)Cn1c(-c2cccs2)nn(CC(=O)CCc2ccccc2-c2ccccc2)c1=O. The minimum atomic E-state index is -0.222. The van der Waals surface area contributed by atoms with Crippen molar-refractivity contribution in [1.29, 1.82) is 0 Å². The molecule has 2 aromatic carbocycles. The van der Waals surface area contributed by atoms with Crippen LogP contribution in [-0.2, 0) is 24.3 Å². The highest BCUT2D eigenvalue weighted by atomic mass is 32.1. The summed E-state index contributed by atoms with van der Waals surface area (Å²) in [4.78, 5) is 26.7. The van der Waals surface area contributed by atoms with Crippen molar-refractivity contribution in [2.24, 2.45) is 5.92 Å². The molecule has 4 rings (SSSR count). The van der Waals surface area contributed by atoms with Gasteiger partial charge in [-0.05, 0) is 40.5 Å². The highest BCUT2D eigenvalue weighted by molar-refractivity contribution is 7.13. The topological polar surface area (TPSA) is 56.9 Å². The predicted molar refractivity (Wildman–Crippen MR) is 130 cm³/mol. The molecule has 0 atom stereocenters. The lowest BCUT2D eigenvalue weighted by Gasteiger charge is -2.09. The van der Waals surface area contributed by atoms with E-state index in [1.54, 1.807) is 15.9 Å². The average molecular weight is 446 g/mol. The molecule has 0 aliphatic rings. The molecule has 0 unspecified atom stereocenters. The minimum Gasteiger partial charge on any atom is -0.298 e. The third-order valence-corrected chi connectivity index (χ3v) is 6.18. The van der Waals surface area contributed by atoms with Crippen molar-refractivity contribution in [3.05, 3.63) is 88.2 Å². The van der Waals surface area contributed by atoms with Crippen LogP contribution in [0.15, 0.2) is 76.9 Å². The van der Waals surface area contributed by atoms with Gasteiger partial charge in [-0.25, -0.2) is 9.48 Å². The summed E-state index contributed by atoms with van der Waals surface area (Å²) in [5.41, 5.74) is 3.18. The minimum absolute atomic E-state index is 0.00175. The van der Waals surface area contributed by atoms with Gasteiger partial charge in [0.25, 0.3) is 0 Å². The van der Waals surface area contributed by atoms with Crippen molar-refractivity contribution < 1.29 is 4.79 Å². The Hall–Kier alpha value is -3.25. The lowest BCUT2D eigenvalue weighted by atomic mass is 9.96. The summed E-state index contributed by atoms with van der Waals surface area (Å²) in [6.07, 6.45) is 0.991. The predicted octanol–water partition coefficient (Wildman–Crippen LogP) is 5.30. The number of aromatic nitrogens is 3. The summed E-state index contributed by atoms with van der Waals surface area (Å²) in [5.74, 6) is 0.942. The van der Waals surface area contributed by atoms with Gasteiger partial charge in [0.2, 0.25) is 0 Å². The van der Waals surface area contributed by atoms with Gasteiger partial charge in [-0.2, -0.15) is 0 Å². The molecule has 0 saturated carbocycles. The molecule has 164 valence electrons. The zero-order valence-electron chi connectivity index (χ0n) is 18.4. The van der Waals surface area contributed by atoms with E-state index in [1.165, 1.54) is 4.68 Å². The number of benzene rings is 2. The van der Waals surface area contributed by atoms with E-state index in [0.29, 0.717) is 31.1 Å². The lowest BCUT2D eigenvalue weighted by Crippen LogP contribution is -2.29. The zero-order chi connectivity index (χ0) is 22.5. The van der Waals surface area contributed by atoms with Gasteiger partial charge in [0, 0.05) is 13.0 Å². The number of ketones is 1. The normalized spacial score (nSPS) is 11.2. The van der Waals surface area contributed by atoms with Crippen molar-refractivity contribution in [3.8, 4) is 21.8 Å². The molecular formula is C26H27N3O2S. The van der Waals surface area contributed by atoms with Crippen LogP contribution in [0.3, 0.4) is 0 Å². The summed E-state index contributed by atoms with van der Waals surface area (Å²) in [6, 6.07) is 22.2. The van der Waals surface area contributed by atoms with Gasteiger partial charge >= 0.3 is 5.69 Å². The van der Waals surface area contributed by atoms with Crippen LogP contribution >= 0.6 is 11.3 Å². The summed E-state index contributed by atoms with van der Waals surface area (Å²) in [5, 5.41) is 6.49. The van der Waals surface area contributed by atoms with Gasteiger partial charge in [-0.1, -0.05) is 74.5 Å². The van der Waals surface area contributed by atoms with Crippen LogP contribution in [0.25, 0.3) is 21.8 Å². The first kappa shape index (κ1) is 22.0. The number of aryl methyl sites for hydroxylation is 1. The molecule has 5 nitrogen and oxygen atoms in total. The maximum absolute atomic E-state index is 13.0. The zero-order valence-corrected chi connectivity index (χ0v) is 19.2. The highest BCUT2D eigenvalue weighted by Crippen LogP contribution is 2.25.